The van der Waals surface area contributed by atoms with Gasteiger partial charge in [0.15, 0.2) is 0 Å². The fourth-order valence-electron chi connectivity index (χ4n) is 2.58. The average Bonchev–Trinajstić information content (AvgIpc) is 2.85. The number of aromatic amines is 1. The lowest BCUT2D eigenvalue weighted by Gasteiger charge is -2.21. The summed E-state index contributed by atoms with van der Waals surface area (Å²) in [5.41, 5.74) is -1.77. The van der Waals surface area contributed by atoms with Gasteiger partial charge < -0.3 is 43.6 Å². The van der Waals surface area contributed by atoms with E-state index in [2.05, 4.69) is 20.4 Å². The molecule has 6 atom stereocenters. The number of H-pyrrole nitrogens is 1. The van der Waals surface area contributed by atoms with E-state index in [4.69, 9.17) is 19.0 Å². The van der Waals surface area contributed by atoms with E-state index in [1.165, 1.54) is 0 Å². The number of nitrogens with zero attached hydrogens (tertiary/aromatic N) is 1. The number of phosphoric acid groups is 2. The zero-order chi connectivity index (χ0) is 23.8. The Morgan fingerprint density at radius 3 is 2.32 bits per heavy atom. The molecule has 1 saturated heterocycles. The second-order valence-electron chi connectivity index (χ2n) is 6.09. The molecular formula is C11H19N2O14P3S. The molecule has 20 heteroatoms. The highest BCUT2D eigenvalue weighted by atomic mass is 32.5. The molecule has 0 aliphatic carbocycles. The van der Waals surface area contributed by atoms with Crippen LogP contribution in [0, 0.1) is 0 Å². The first-order chi connectivity index (χ1) is 14.1. The van der Waals surface area contributed by atoms with Crippen molar-refractivity contribution in [1.29, 1.82) is 0 Å². The van der Waals surface area contributed by atoms with Crippen LogP contribution in [0.3, 0.4) is 0 Å². The van der Waals surface area contributed by atoms with Crippen LogP contribution in [0.4, 0.5) is 0 Å². The molecule has 1 aliphatic heterocycles. The highest BCUT2D eigenvalue weighted by molar-refractivity contribution is 8.08. The van der Waals surface area contributed by atoms with E-state index in [1.54, 1.807) is 6.92 Å². The largest absolute Gasteiger partial charge is 0.488 e. The molecular weight excluding hydrogens is 509 g/mol. The van der Waals surface area contributed by atoms with Crippen LogP contribution in [0.1, 0.15) is 18.6 Å². The van der Waals surface area contributed by atoms with Gasteiger partial charge in [-0.3, -0.25) is 9.78 Å². The Bertz CT molecular complexity index is 1070. The minimum Gasteiger partial charge on any atom is -0.387 e. The Balaban J connectivity index is 2.12. The molecule has 2 rings (SSSR count). The maximum absolute atomic E-state index is 12.1. The Morgan fingerprint density at radius 1 is 1.16 bits per heavy atom. The summed E-state index contributed by atoms with van der Waals surface area (Å²) in [6, 6.07) is 0. The summed E-state index contributed by atoms with van der Waals surface area (Å²) in [5.74, 6) is 0. The summed E-state index contributed by atoms with van der Waals surface area (Å²) in [6.07, 6.45) is -5.07. The standard InChI is InChI=1S/C11H19N2O14P3S/c1-2-13-3-5(10(16)12-11(13)17)9-8(15)7(14)6(25-9)4-24-30(23,31)27-29(21,22)26-28(18,19)20/h3,6-9,14-15H,2,4H2,1H3,(H,21,22)(H,23,31)(H,12,16,17)(H2,18,19,20)/t6-,7+,8?,9+,30?/m1/s1. The molecule has 0 bridgehead atoms. The lowest BCUT2D eigenvalue weighted by Crippen LogP contribution is -2.36. The normalized spacial score (nSPS) is 28.2. The molecule has 1 aliphatic rings. The monoisotopic (exact) mass is 528 g/mol. The van der Waals surface area contributed by atoms with Gasteiger partial charge in [0.25, 0.3) is 5.56 Å². The first kappa shape index (κ1) is 26.6. The van der Waals surface area contributed by atoms with Crippen LogP contribution in [-0.4, -0.2) is 64.3 Å². The molecule has 7 N–H and O–H groups in total. The lowest BCUT2D eigenvalue weighted by molar-refractivity contribution is -0.0198. The van der Waals surface area contributed by atoms with Crippen molar-refractivity contribution in [3.8, 4) is 0 Å². The van der Waals surface area contributed by atoms with Crippen molar-refractivity contribution in [1.82, 2.24) is 9.55 Å². The van der Waals surface area contributed by atoms with Gasteiger partial charge >= 0.3 is 28.1 Å². The first-order valence-electron chi connectivity index (χ1n) is 8.19. The van der Waals surface area contributed by atoms with Gasteiger partial charge in [-0.2, -0.15) is 4.31 Å². The SMILES string of the molecule is CCn1cc([C@@H]2O[C@H](COP(O)(=S)OP(=O)(O)OP(=O)(O)O)[C@H](O)C2O)c(=O)[nH]c1=O. The van der Waals surface area contributed by atoms with Crippen molar-refractivity contribution in [2.75, 3.05) is 6.61 Å². The van der Waals surface area contributed by atoms with Gasteiger partial charge in [0.05, 0.1) is 12.2 Å². The molecule has 0 saturated carbocycles. The lowest BCUT2D eigenvalue weighted by atomic mass is 10.0. The molecule has 31 heavy (non-hydrogen) atoms. The van der Waals surface area contributed by atoms with Crippen molar-refractivity contribution in [2.24, 2.45) is 0 Å². The summed E-state index contributed by atoms with van der Waals surface area (Å²) >= 11 is 4.44. The fraction of sp³-hybridized carbons (Fsp3) is 0.636. The van der Waals surface area contributed by atoms with E-state index >= 15 is 0 Å². The van der Waals surface area contributed by atoms with Crippen LogP contribution in [-0.2, 0) is 45.4 Å². The predicted molar refractivity (Wildman–Crippen MR) is 103 cm³/mol. The molecule has 1 fully saturated rings. The molecule has 0 spiro atoms. The third-order valence-electron chi connectivity index (χ3n) is 3.87. The van der Waals surface area contributed by atoms with Crippen molar-refractivity contribution in [2.45, 2.75) is 37.9 Å². The van der Waals surface area contributed by atoms with E-state index in [0.29, 0.717) is 0 Å². The molecule has 3 unspecified atom stereocenters. The quantitative estimate of drug-likeness (QED) is 0.174. The van der Waals surface area contributed by atoms with Gasteiger partial charge in [0.2, 0.25) is 0 Å². The number of rotatable bonds is 9. The summed E-state index contributed by atoms with van der Waals surface area (Å²) in [5, 5.41) is 20.3. The molecule has 16 nitrogen and oxygen atoms in total. The number of aryl methyl sites for hydroxylation is 1. The molecule has 0 radical (unpaired) electrons. The number of nitrogens with one attached hydrogen (secondary N) is 1. The second-order valence-corrected chi connectivity index (χ2v) is 11.9. The van der Waals surface area contributed by atoms with E-state index in [9.17, 15) is 38.7 Å². The van der Waals surface area contributed by atoms with Gasteiger partial charge in [-0.15, -0.1) is 0 Å². The molecule has 1 aromatic rings. The zero-order valence-corrected chi connectivity index (χ0v) is 18.9. The molecule has 0 aromatic carbocycles. The Hall–Kier alpha value is -0.610. The maximum Gasteiger partial charge on any atom is 0.488 e. The van der Waals surface area contributed by atoms with Gasteiger partial charge in [-0.25, -0.2) is 18.2 Å². The Labute approximate surface area is 178 Å². The summed E-state index contributed by atoms with van der Waals surface area (Å²) in [6.45, 7) is -3.68. The summed E-state index contributed by atoms with van der Waals surface area (Å²) in [7, 11) is -11.0. The van der Waals surface area contributed by atoms with Gasteiger partial charge in [0, 0.05) is 12.7 Å². The van der Waals surface area contributed by atoms with Crippen LogP contribution < -0.4 is 11.2 Å². The van der Waals surface area contributed by atoms with Crippen LogP contribution in [0.25, 0.3) is 0 Å². The van der Waals surface area contributed by atoms with E-state index in [-0.39, 0.29) is 12.1 Å². The highest BCUT2D eigenvalue weighted by Crippen LogP contribution is 2.66. The van der Waals surface area contributed by atoms with Crippen molar-refractivity contribution < 1.29 is 56.8 Å². The minimum absolute atomic E-state index is 0.184. The number of aromatic nitrogens is 2. The smallest absolute Gasteiger partial charge is 0.387 e. The second kappa shape index (κ2) is 9.71. The van der Waals surface area contributed by atoms with Crippen LogP contribution in [0.5, 0.6) is 0 Å². The zero-order valence-electron chi connectivity index (χ0n) is 15.4. The fourth-order valence-corrected chi connectivity index (χ4v) is 6.55. The molecule has 0 amide bonds. The van der Waals surface area contributed by atoms with Gasteiger partial charge in [-0.05, 0) is 18.7 Å². The minimum atomic E-state index is -5.53. The van der Waals surface area contributed by atoms with Crippen LogP contribution >= 0.6 is 22.4 Å². The third-order valence-corrected chi connectivity index (χ3v) is 8.58. The predicted octanol–water partition coefficient (Wildman–Crippen LogP) is -1.82. The first-order valence-corrected chi connectivity index (χ1v) is 13.8. The molecule has 2 heterocycles. The summed E-state index contributed by atoms with van der Waals surface area (Å²) < 4.78 is 40.8. The van der Waals surface area contributed by atoms with Crippen molar-refractivity contribution in [3.63, 3.8) is 0 Å². The number of ether oxygens (including phenoxy) is 1. The Kier molecular flexibility index (Phi) is 8.35. The molecule has 1 aromatic heterocycles. The molecule has 178 valence electrons. The third kappa shape index (κ3) is 7.19. The van der Waals surface area contributed by atoms with Gasteiger partial charge in [-0.1, -0.05) is 0 Å². The average molecular weight is 528 g/mol. The van der Waals surface area contributed by atoms with Gasteiger partial charge in [0.1, 0.15) is 24.4 Å². The number of aliphatic hydroxyl groups is 2. The van der Waals surface area contributed by atoms with E-state index in [0.717, 1.165) is 10.8 Å². The topological polar surface area (TPSA) is 247 Å². The number of hydrogen-bond acceptors (Lipinski definition) is 11. The van der Waals surface area contributed by atoms with Crippen molar-refractivity contribution in [3.05, 3.63) is 32.6 Å². The number of hydrogen-bond donors (Lipinski definition) is 7. The Morgan fingerprint density at radius 2 is 1.77 bits per heavy atom. The van der Waals surface area contributed by atoms with E-state index in [1.807, 2.05) is 4.98 Å². The highest BCUT2D eigenvalue weighted by Gasteiger charge is 2.46. The van der Waals surface area contributed by atoms with Crippen LogP contribution in [0.2, 0.25) is 0 Å². The van der Waals surface area contributed by atoms with E-state index < -0.39 is 64.6 Å². The van der Waals surface area contributed by atoms with Crippen molar-refractivity contribution >= 4 is 34.2 Å². The van der Waals surface area contributed by atoms with Crippen LogP contribution in [0.15, 0.2) is 15.8 Å². The maximum atomic E-state index is 12.1. The summed E-state index contributed by atoms with van der Waals surface area (Å²) in [4.78, 5) is 61.8. The number of aliphatic hydroxyl groups excluding tert-OH is 2.